The summed E-state index contributed by atoms with van der Waals surface area (Å²) in [6.07, 6.45) is 2.41. The summed E-state index contributed by atoms with van der Waals surface area (Å²) < 4.78 is 11.3. The van der Waals surface area contributed by atoms with E-state index in [2.05, 4.69) is 25.7 Å². The van der Waals surface area contributed by atoms with E-state index in [-0.39, 0.29) is 11.0 Å². The van der Waals surface area contributed by atoms with Crippen molar-refractivity contribution in [3.63, 3.8) is 0 Å². The highest BCUT2D eigenvalue weighted by Gasteiger charge is 2.58. The fourth-order valence-electron chi connectivity index (χ4n) is 3.13. The molecular formula is C14H28N2O2. The zero-order chi connectivity index (χ0) is 13.2. The van der Waals surface area contributed by atoms with Gasteiger partial charge >= 0.3 is 0 Å². The molecule has 0 radical (unpaired) electrons. The molecule has 2 fully saturated rings. The average molecular weight is 256 g/mol. The summed E-state index contributed by atoms with van der Waals surface area (Å²) in [6, 6.07) is 0. The molecule has 2 N–H and O–H groups in total. The first-order valence-electron chi connectivity index (χ1n) is 7.20. The van der Waals surface area contributed by atoms with E-state index in [0.717, 1.165) is 52.3 Å². The smallest absolute Gasteiger partial charge is 0.0662 e. The van der Waals surface area contributed by atoms with Gasteiger partial charge in [0.15, 0.2) is 0 Å². The molecule has 2 atom stereocenters. The molecule has 1 saturated heterocycles. The Hall–Kier alpha value is -0.160. The van der Waals surface area contributed by atoms with Crippen LogP contribution in [-0.2, 0) is 9.47 Å². The summed E-state index contributed by atoms with van der Waals surface area (Å²) in [5.41, 5.74) is 6.57. The molecule has 0 aromatic rings. The molecule has 2 aliphatic rings. The first-order valence-corrected chi connectivity index (χ1v) is 7.20. The quantitative estimate of drug-likeness (QED) is 0.822. The minimum Gasteiger partial charge on any atom is -0.380 e. The molecule has 18 heavy (non-hydrogen) atoms. The molecule has 106 valence electrons. The summed E-state index contributed by atoms with van der Waals surface area (Å²) in [6.45, 7) is 12.1. The van der Waals surface area contributed by atoms with Crippen LogP contribution in [0.4, 0.5) is 0 Å². The van der Waals surface area contributed by atoms with Crippen LogP contribution in [-0.4, -0.2) is 56.0 Å². The number of ether oxygens (including phenoxy) is 2. The second kappa shape index (κ2) is 5.45. The highest BCUT2D eigenvalue weighted by Crippen LogP contribution is 2.50. The molecule has 0 aromatic carbocycles. The highest BCUT2D eigenvalue weighted by atomic mass is 16.5. The van der Waals surface area contributed by atoms with Gasteiger partial charge in [0.05, 0.1) is 12.7 Å². The van der Waals surface area contributed by atoms with Crippen molar-refractivity contribution in [2.75, 3.05) is 39.5 Å². The Kier molecular flexibility index (Phi) is 4.32. The maximum atomic E-state index is 6.62. The summed E-state index contributed by atoms with van der Waals surface area (Å²) in [4.78, 5) is 2.46. The number of nitrogens with zero attached hydrogens (tertiary/aromatic N) is 1. The second-order valence-corrected chi connectivity index (χ2v) is 6.27. The summed E-state index contributed by atoms with van der Waals surface area (Å²) in [5, 5.41) is 0. The monoisotopic (exact) mass is 256 g/mol. The molecule has 1 saturated carbocycles. The molecule has 0 bridgehead atoms. The zero-order valence-electron chi connectivity index (χ0n) is 12.1. The Morgan fingerprint density at radius 1 is 1.33 bits per heavy atom. The number of hydrogen-bond acceptors (Lipinski definition) is 4. The SMILES string of the molecule is CCOC1CC(N)(CN2CCCOCC2)C1(C)C. The molecule has 0 amide bonds. The number of nitrogens with two attached hydrogens (primary N) is 1. The lowest BCUT2D eigenvalue weighted by molar-refractivity contribution is -0.156. The van der Waals surface area contributed by atoms with Crippen molar-refractivity contribution < 1.29 is 9.47 Å². The van der Waals surface area contributed by atoms with E-state index in [4.69, 9.17) is 15.2 Å². The fourth-order valence-corrected chi connectivity index (χ4v) is 3.13. The van der Waals surface area contributed by atoms with Crippen LogP contribution in [0.15, 0.2) is 0 Å². The molecule has 4 nitrogen and oxygen atoms in total. The van der Waals surface area contributed by atoms with E-state index >= 15 is 0 Å². The van der Waals surface area contributed by atoms with Gasteiger partial charge < -0.3 is 15.2 Å². The number of rotatable bonds is 4. The molecule has 1 aliphatic carbocycles. The maximum absolute atomic E-state index is 6.62. The van der Waals surface area contributed by atoms with E-state index in [1.54, 1.807) is 0 Å². The second-order valence-electron chi connectivity index (χ2n) is 6.27. The third kappa shape index (κ3) is 2.57. The molecular weight excluding hydrogens is 228 g/mol. The van der Waals surface area contributed by atoms with Gasteiger partial charge in [-0.25, -0.2) is 0 Å². The standard InChI is InChI=1S/C14H28N2O2/c1-4-18-12-10-14(15,13(12,2)3)11-16-6-5-8-17-9-7-16/h12H,4-11,15H2,1-3H3. The van der Waals surface area contributed by atoms with Gasteiger partial charge in [-0.2, -0.15) is 0 Å². The van der Waals surface area contributed by atoms with Crippen LogP contribution in [0.25, 0.3) is 0 Å². The average Bonchev–Trinajstić information content (AvgIpc) is 2.57. The van der Waals surface area contributed by atoms with Gasteiger partial charge in [0.2, 0.25) is 0 Å². The molecule has 2 rings (SSSR count). The van der Waals surface area contributed by atoms with Crippen molar-refractivity contribution in [2.45, 2.75) is 45.3 Å². The Morgan fingerprint density at radius 2 is 2.11 bits per heavy atom. The maximum Gasteiger partial charge on any atom is 0.0662 e. The third-order valence-electron chi connectivity index (χ3n) is 4.83. The van der Waals surface area contributed by atoms with Crippen LogP contribution in [0.1, 0.15) is 33.6 Å². The predicted molar refractivity (Wildman–Crippen MR) is 72.6 cm³/mol. The van der Waals surface area contributed by atoms with Gasteiger partial charge in [-0.15, -0.1) is 0 Å². The van der Waals surface area contributed by atoms with E-state index in [1.165, 1.54) is 0 Å². The first kappa shape index (κ1) is 14.3. The highest BCUT2D eigenvalue weighted by molar-refractivity contribution is 5.14. The third-order valence-corrected chi connectivity index (χ3v) is 4.83. The minimum atomic E-state index is -0.114. The minimum absolute atomic E-state index is 0.0656. The van der Waals surface area contributed by atoms with Crippen LogP contribution >= 0.6 is 0 Å². The van der Waals surface area contributed by atoms with Crippen molar-refractivity contribution in [3.8, 4) is 0 Å². The van der Waals surface area contributed by atoms with Gasteiger partial charge in [0.1, 0.15) is 0 Å². The molecule has 4 heteroatoms. The molecule has 1 heterocycles. The lowest BCUT2D eigenvalue weighted by Crippen LogP contribution is -2.73. The topological polar surface area (TPSA) is 47.7 Å². The van der Waals surface area contributed by atoms with Crippen molar-refractivity contribution in [3.05, 3.63) is 0 Å². The van der Waals surface area contributed by atoms with Crippen LogP contribution < -0.4 is 5.73 Å². The number of hydrogen-bond donors (Lipinski definition) is 1. The normalized spacial score (nSPS) is 37.0. The van der Waals surface area contributed by atoms with Crippen LogP contribution in [0.2, 0.25) is 0 Å². The van der Waals surface area contributed by atoms with E-state index in [1.807, 2.05) is 0 Å². The molecule has 0 spiro atoms. The molecule has 2 unspecified atom stereocenters. The zero-order valence-corrected chi connectivity index (χ0v) is 12.1. The lowest BCUT2D eigenvalue weighted by atomic mass is 9.54. The van der Waals surface area contributed by atoms with Crippen molar-refractivity contribution >= 4 is 0 Å². The van der Waals surface area contributed by atoms with Gasteiger partial charge in [0, 0.05) is 43.8 Å². The van der Waals surface area contributed by atoms with Gasteiger partial charge in [-0.1, -0.05) is 13.8 Å². The van der Waals surface area contributed by atoms with Crippen LogP contribution in [0.5, 0.6) is 0 Å². The van der Waals surface area contributed by atoms with Gasteiger partial charge in [0.25, 0.3) is 0 Å². The summed E-state index contributed by atoms with van der Waals surface area (Å²) in [7, 11) is 0. The first-order chi connectivity index (χ1) is 8.49. The Morgan fingerprint density at radius 3 is 2.78 bits per heavy atom. The van der Waals surface area contributed by atoms with E-state index < -0.39 is 0 Å². The Labute approximate surface area is 111 Å². The van der Waals surface area contributed by atoms with E-state index in [9.17, 15) is 0 Å². The summed E-state index contributed by atoms with van der Waals surface area (Å²) in [5.74, 6) is 0. The Bertz CT molecular complexity index is 275. The summed E-state index contributed by atoms with van der Waals surface area (Å²) >= 11 is 0. The van der Waals surface area contributed by atoms with Gasteiger partial charge in [-0.3, -0.25) is 4.90 Å². The van der Waals surface area contributed by atoms with E-state index in [0.29, 0.717) is 6.10 Å². The fraction of sp³-hybridized carbons (Fsp3) is 1.00. The lowest BCUT2D eigenvalue weighted by Gasteiger charge is -2.60. The van der Waals surface area contributed by atoms with Gasteiger partial charge in [-0.05, 0) is 19.8 Å². The van der Waals surface area contributed by atoms with Crippen LogP contribution in [0.3, 0.4) is 0 Å². The molecule has 1 aliphatic heterocycles. The predicted octanol–water partition coefficient (Wildman–Crippen LogP) is 1.24. The van der Waals surface area contributed by atoms with Crippen molar-refractivity contribution in [1.29, 1.82) is 0 Å². The Balaban J connectivity index is 1.92. The van der Waals surface area contributed by atoms with Crippen molar-refractivity contribution in [2.24, 2.45) is 11.1 Å². The molecule has 0 aromatic heterocycles. The largest absolute Gasteiger partial charge is 0.380 e. The van der Waals surface area contributed by atoms with Crippen molar-refractivity contribution in [1.82, 2.24) is 4.90 Å². The van der Waals surface area contributed by atoms with Crippen LogP contribution in [0, 0.1) is 5.41 Å².